The minimum Gasteiger partial charge on any atom is -0.384 e. The van der Waals surface area contributed by atoms with Gasteiger partial charge in [0, 0.05) is 24.8 Å². The van der Waals surface area contributed by atoms with Gasteiger partial charge < -0.3 is 10.6 Å². The molecule has 0 bridgehead atoms. The predicted molar refractivity (Wildman–Crippen MR) is 80.7 cm³/mol. The van der Waals surface area contributed by atoms with E-state index in [1.807, 2.05) is 24.3 Å². The van der Waals surface area contributed by atoms with E-state index in [4.69, 9.17) is 11.1 Å². The van der Waals surface area contributed by atoms with Crippen LogP contribution >= 0.6 is 0 Å². The fourth-order valence-corrected chi connectivity index (χ4v) is 2.07. The highest BCUT2D eigenvalue weighted by Crippen LogP contribution is 2.16. The third-order valence-electron chi connectivity index (χ3n) is 3.12. The van der Waals surface area contributed by atoms with Crippen molar-refractivity contribution in [3.63, 3.8) is 0 Å². The minimum atomic E-state index is 0.105. The van der Waals surface area contributed by atoms with Gasteiger partial charge in [-0.2, -0.15) is 0 Å². The molecule has 0 aromatic heterocycles. The number of nitrogens with zero attached hydrogens (tertiary/aromatic N) is 1. The molecule has 3 nitrogen and oxygen atoms in total. The van der Waals surface area contributed by atoms with E-state index >= 15 is 0 Å². The van der Waals surface area contributed by atoms with Crippen molar-refractivity contribution >= 4 is 11.5 Å². The van der Waals surface area contributed by atoms with Crippen molar-refractivity contribution in [3.8, 4) is 0 Å². The van der Waals surface area contributed by atoms with Crippen molar-refractivity contribution in [2.45, 2.75) is 13.5 Å². The predicted octanol–water partition coefficient (Wildman–Crippen LogP) is 2.92. The normalized spacial score (nSPS) is 10.2. The summed E-state index contributed by atoms with van der Waals surface area (Å²) in [6, 6.07) is 16.3. The lowest BCUT2D eigenvalue weighted by Crippen LogP contribution is -2.17. The molecular formula is C16H19N3. The van der Waals surface area contributed by atoms with Crippen molar-refractivity contribution in [1.29, 1.82) is 5.41 Å². The van der Waals surface area contributed by atoms with E-state index in [-0.39, 0.29) is 5.84 Å². The third kappa shape index (κ3) is 3.35. The number of benzene rings is 2. The Kier molecular flexibility index (Phi) is 3.85. The molecule has 3 heteroatoms. The molecule has 0 aliphatic carbocycles. The van der Waals surface area contributed by atoms with Gasteiger partial charge in [0.25, 0.3) is 0 Å². The maximum atomic E-state index is 7.38. The van der Waals surface area contributed by atoms with E-state index in [0.717, 1.165) is 17.8 Å². The van der Waals surface area contributed by atoms with Crippen LogP contribution < -0.4 is 10.6 Å². The Morgan fingerprint density at radius 3 is 2.42 bits per heavy atom. The van der Waals surface area contributed by atoms with Crippen molar-refractivity contribution in [2.75, 3.05) is 11.9 Å². The van der Waals surface area contributed by atoms with Gasteiger partial charge in [0.05, 0.1) is 0 Å². The molecule has 0 radical (unpaired) electrons. The van der Waals surface area contributed by atoms with Crippen molar-refractivity contribution in [2.24, 2.45) is 5.73 Å². The lowest BCUT2D eigenvalue weighted by Gasteiger charge is -2.20. The Labute approximate surface area is 114 Å². The molecule has 98 valence electrons. The van der Waals surface area contributed by atoms with Gasteiger partial charge in [-0.05, 0) is 36.8 Å². The zero-order valence-corrected chi connectivity index (χ0v) is 11.4. The van der Waals surface area contributed by atoms with Crippen LogP contribution in [0.3, 0.4) is 0 Å². The highest BCUT2D eigenvalue weighted by Gasteiger charge is 2.03. The van der Waals surface area contributed by atoms with Gasteiger partial charge >= 0.3 is 0 Å². The fraction of sp³-hybridized carbons (Fsp3) is 0.188. The summed E-state index contributed by atoms with van der Waals surface area (Å²) in [7, 11) is 2.06. The molecule has 2 aromatic rings. The minimum absolute atomic E-state index is 0.105. The average molecular weight is 253 g/mol. The lowest BCUT2D eigenvalue weighted by atomic mass is 10.1. The van der Waals surface area contributed by atoms with Crippen LogP contribution in [0.2, 0.25) is 0 Å². The van der Waals surface area contributed by atoms with E-state index in [1.165, 1.54) is 11.1 Å². The number of nitrogens with one attached hydrogen (secondary N) is 1. The van der Waals surface area contributed by atoms with Gasteiger partial charge in [-0.1, -0.05) is 29.8 Å². The van der Waals surface area contributed by atoms with Crippen LogP contribution in [0.5, 0.6) is 0 Å². The first kappa shape index (κ1) is 13.1. The van der Waals surface area contributed by atoms with Gasteiger partial charge in [-0.15, -0.1) is 0 Å². The van der Waals surface area contributed by atoms with Crippen LogP contribution in [0.25, 0.3) is 0 Å². The first-order valence-corrected chi connectivity index (χ1v) is 6.27. The molecule has 0 spiro atoms. The number of amidine groups is 1. The maximum absolute atomic E-state index is 7.38. The Balaban J connectivity index is 2.11. The molecule has 0 aliphatic heterocycles. The molecule has 0 fully saturated rings. The number of nitrogens with two attached hydrogens (primary N) is 1. The van der Waals surface area contributed by atoms with Gasteiger partial charge in [0.2, 0.25) is 0 Å². The molecule has 0 amide bonds. The molecule has 19 heavy (non-hydrogen) atoms. The van der Waals surface area contributed by atoms with E-state index in [9.17, 15) is 0 Å². The molecule has 0 atom stereocenters. The fourth-order valence-electron chi connectivity index (χ4n) is 2.07. The van der Waals surface area contributed by atoms with E-state index in [1.54, 1.807) is 0 Å². The number of rotatable bonds is 4. The Morgan fingerprint density at radius 1 is 1.16 bits per heavy atom. The third-order valence-corrected chi connectivity index (χ3v) is 3.12. The molecular weight excluding hydrogens is 234 g/mol. The smallest absolute Gasteiger partial charge is 0.122 e. The monoisotopic (exact) mass is 253 g/mol. The van der Waals surface area contributed by atoms with Gasteiger partial charge in [-0.3, -0.25) is 5.41 Å². The SMILES string of the molecule is Cc1cccc(CN(C)c2ccc(C(=N)N)cc2)c1. The van der Waals surface area contributed by atoms with Crippen LogP contribution in [0.1, 0.15) is 16.7 Å². The van der Waals surface area contributed by atoms with Gasteiger partial charge in [0.15, 0.2) is 0 Å². The molecule has 0 aliphatic rings. The molecule has 0 saturated carbocycles. The standard InChI is InChI=1S/C16H19N3/c1-12-4-3-5-13(10-12)11-19(2)15-8-6-14(7-9-15)16(17)18/h3-10H,11H2,1-2H3,(H3,17,18). The zero-order chi connectivity index (χ0) is 13.8. The Hall–Kier alpha value is -2.29. The van der Waals surface area contributed by atoms with Gasteiger partial charge in [0.1, 0.15) is 5.84 Å². The second-order valence-electron chi connectivity index (χ2n) is 4.81. The summed E-state index contributed by atoms with van der Waals surface area (Å²) in [5.74, 6) is 0.105. The second kappa shape index (κ2) is 5.57. The number of anilines is 1. The topological polar surface area (TPSA) is 53.1 Å². The summed E-state index contributed by atoms with van der Waals surface area (Å²) < 4.78 is 0. The Bertz CT molecular complexity index is 573. The summed E-state index contributed by atoms with van der Waals surface area (Å²) in [6.07, 6.45) is 0. The summed E-state index contributed by atoms with van der Waals surface area (Å²) in [5.41, 5.74) is 9.89. The number of aryl methyl sites for hydroxylation is 1. The van der Waals surface area contributed by atoms with Crippen molar-refractivity contribution in [1.82, 2.24) is 0 Å². The first-order chi connectivity index (χ1) is 9.06. The van der Waals surface area contributed by atoms with Crippen molar-refractivity contribution in [3.05, 3.63) is 65.2 Å². The van der Waals surface area contributed by atoms with E-state index in [0.29, 0.717) is 0 Å². The second-order valence-corrected chi connectivity index (χ2v) is 4.81. The van der Waals surface area contributed by atoms with E-state index in [2.05, 4.69) is 43.1 Å². The number of nitrogen functional groups attached to an aromatic ring is 1. The summed E-state index contributed by atoms with van der Waals surface area (Å²) >= 11 is 0. The van der Waals surface area contributed by atoms with Crippen molar-refractivity contribution < 1.29 is 0 Å². The van der Waals surface area contributed by atoms with Crippen LogP contribution in [0.15, 0.2) is 48.5 Å². The van der Waals surface area contributed by atoms with Crippen LogP contribution in [0, 0.1) is 12.3 Å². The average Bonchev–Trinajstić information content (AvgIpc) is 2.39. The van der Waals surface area contributed by atoms with E-state index < -0.39 is 0 Å². The molecule has 0 saturated heterocycles. The molecule has 0 heterocycles. The Morgan fingerprint density at radius 2 is 1.84 bits per heavy atom. The summed E-state index contributed by atoms with van der Waals surface area (Å²) in [6.45, 7) is 2.96. The summed E-state index contributed by atoms with van der Waals surface area (Å²) in [4.78, 5) is 2.18. The lowest BCUT2D eigenvalue weighted by molar-refractivity contribution is 0.921. The molecule has 3 N–H and O–H groups in total. The number of hydrogen-bond donors (Lipinski definition) is 2. The highest BCUT2D eigenvalue weighted by atomic mass is 15.1. The highest BCUT2D eigenvalue weighted by molar-refractivity contribution is 5.95. The summed E-state index contributed by atoms with van der Waals surface area (Å²) in [5, 5.41) is 7.38. The molecule has 2 rings (SSSR count). The molecule has 0 unspecified atom stereocenters. The zero-order valence-electron chi connectivity index (χ0n) is 11.4. The first-order valence-electron chi connectivity index (χ1n) is 6.27. The molecule has 2 aromatic carbocycles. The quantitative estimate of drug-likeness (QED) is 0.650. The maximum Gasteiger partial charge on any atom is 0.122 e. The van der Waals surface area contributed by atoms with Gasteiger partial charge in [-0.25, -0.2) is 0 Å². The van der Waals surface area contributed by atoms with Crippen LogP contribution in [-0.2, 0) is 6.54 Å². The largest absolute Gasteiger partial charge is 0.384 e. The van der Waals surface area contributed by atoms with Crippen LogP contribution in [0.4, 0.5) is 5.69 Å². The number of hydrogen-bond acceptors (Lipinski definition) is 2. The van der Waals surface area contributed by atoms with Crippen LogP contribution in [-0.4, -0.2) is 12.9 Å².